The summed E-state index contributed by atoms with van der Waals surface area (Å²) in [7, 11) is 0. The molecule has 7 heteroatoms. The Hall–Kier alpha value is -0.160. The molecule has 1 rings (SSSR count). The zero-order valence-electron chi connectivity index (χ0n) is 8.36. The van der Waals surface area contributed by atoms with Crippen LogP contribution in [0.1, 0.15) is 12.0 Å². The molecule has 0 saturated heterocycles. The van der Waals surface area contributed by atoms with Gasteiger partial charge in [0.05, 0.1) is 5.88 Å². The molecular formula is C10H8Cl3F3O. The Morgan fingerprint density at radius 3 is 2.00 bits per heavy atom. The van der Waals surface area contributed by atoms with Crippen LogP contribution in [0.4, 0.5) is 13.2 Å². The summed E-state index contributed by atoms with van der Waals surface area (Å²) < 4.78 is 38.8. The highest BCUT2D eigenvalue weighted by Crippen LogP contribution is 2.32. The van der Waals surface area contributed by atoms with E-state index in [-0.39, 0.29) is 17.9 Å². The monoisotopic (exact) mass is 306 g/mol. The van der Waals surface area contributed by atoms with Crippen molar-refractivity contribution in [3.63, 3.8) is 0 Å². The Labute approximate surface area is 111 Å². The number of benzene rings is 1. The van der Waals surface area contributed by atoms with Gasteiger partial charge in [0.2, 0.25) is 0 Å². The van der Waals surface area contributed by atoms with Gasteiger partial charge in [-0.2, -0.15) is 0 Å². The van der Waals surface area contributed by atoms with E-state index in [4.69, 9.17) is 34.8 Å². The van der Waals surface area contributed by atoms with E-state index >= 15 is 0 Å². The van der Waals surface area contributed by atoms with Gasteiger partial charge in [-0.15, -0.1) is 34.8 Å². The van der Waals surface area contributed by atoms with Crippen molar-refractivity contribution in [2.45, 2.75) is 16.9 Å². The molecule has 0 bridgehead atoms. The molecule has 1 aromatic carbocycles. The Morgan fingerprint density at radius 1 is 1.18 bits per heavy atom. The van der Waals surface area contributed by atoms with E-state index in [1.807, 2.05) is 0 Å². The van der Waals surface area contributed by atoms with E-state index in [0.29, 0.717) is 12.1 Å². The predicted molar refractivity (Wildman–Crippen MR) is 61.0 cm³/mol. The lowest BCUT2D eigenvalue weighted by Gasteiger charge is -2.27. The van der Waals surface area contributed by atoms with Crippen LogP contribution in [-0.4, -0.2) is 15.8 Å². The summed E-state index contributed by atoms with van der Waals surface area (Å²) in [5.41, 5.74) is -2.03. The number of hydrogen-bond acceptors (Lipinski definition) is 1. The van der Waals surface area contributed by atoms with Gasteiger partial charge < -0.3 is 5.11 Å². The summed E-state index contributed by atoms with van der Waals surface area (Å²) in [4.78, 5) is -0.977. The van der Waals surface area contributed by atoms with E-state index in [1.165, 1.54) is 0 Å². The number of hydrogen-bond donors (Lipinski definition) is 1. The standard InChI is InChI=1S/C10H8Cl3F3O/c11-4-10(17,3-8(12)13)5-1-6(14)9(16)7(15)2-5/h1-2,8,17H,3-4H2. The minimum absolute atomic E-state index is 0.213. The van der Waals surface area contributed by atoms with Gasteiger partial charge in [0.1, 0.15) is 10.4 Å². The fourth-order valence-electron chi connectivity index (χ4n) is 1.33. The molecule has 0 aliphatic heterocycles. The van der Waals surface area contributed by atoms with Crippen LogP contribution in [0.5, 0.6) is 0 Å². The van der Waals surface area contributed by atoms with Crippen LogP contribution in [0.3, 0.4) is 0 Å². The molecule has 96 valence electrons. The minimum atomic E-state index is -1.81. The minimum Gasteiger partial charge on any atom is -0.384 e. The molecule has 17 heavy (non-hydrogen) atoms. The summed E-state index contributed by atoms with van der Waals surface area (Å²) in [5, 5.41) is 10.0. The normalized spacial score (nSPS) is 15.1. The Morgan fingerprint density at radius 2 is 1.65 bits per heavy atom. The highest BCUT2D eigenvalue weighted by atomic mass is 35.5. The molecule has 0 amide bonds. The topological polar surface area (TPSA) is 20.2 Å². The summed E-state index contributed by atoms with van der Waals surface area (Å²) in [5.74, 6) is -4.82. The summed E-state index contributed by atoms with van der Waals surface area (Å²) in [6.45, 7) is 0. The first kappa shape index (κ1) is 14.9. The van der Waals surface area contributed by atoms with Gasteiger partial charge >= 0.3 is 0 Å². The SMILES string of the molecule is OC(CCl)(CC(Cl)Cl)c1cc(F)c(F)c(F)c1. The lowest BCUT2D eigenvalue weighted by molar-refractivity contribution is 0.0545. The first-order valence-corrected chi connectivity index (χ1v) is 5.92. The third-order valence-electron chi connectivity index (χ3n) is 2.23. The second kappa shape index (κ2) is 5.65. The van der Waals surface area contributed by atoms with Crippen LogP contribution in [0, 0.1) is 17.5 Å². The molecule has 1 unspecified atom stereocenters. The van der Waals surface area contributed by atoms with Crippen molar-refractivity contribution >= 4 is 34.8 Å². The van der Waals surface area contributed by atoms with Gasteiger partial charge in [-0.05, 0) is 17.7 Å². The third kappa shape index (κ3) is 3.41. The average Bonchev–Trinajstić information content (AvgIpc) is 2.24. The van der Waals surface area contributed by atoms with Gasteiger partial charge in [0, 0.05) is 6.42 Å². The molecule has 0 aromatic heterocycles. The van der Waals surface area contributed by atoms with Gasteiger partial charge in [-0.25, -0.2) is 13.2 Å². The van der Waals surface area contributed by atoms with E-state index in [9.17, 15) is 18.3 Å². The molecule has 1 nitrogen and oxygen atoms in total. The van der Waals surface area contributed by atoms with Crippen LogP contribution in [0.25, 0.3) is 0 Å². The Balaban J connectivity index is 3.21. The lowest BCUT2D eigenvalue weighted by Crippen LogP contribution is -2.30. The highest BCUT2D eigenvalue weighted by molar-refractivity contribution is 6.44. The molecule has 0 saturated carbocycles. The largest absolute Gasteiger partial charge is 0.384 e. The molecule has 0 aliphatic rings. The fourth-order valence-corrected chi connectivity index (χ4v) is 2.10. The van der Waals surface area contributed by atoms with Gasteiger partial charge in [-0.3, -0.25) is 0 Å². The quantitative estimate of drug-likeness (QED) is 0.664. The number of aliphatic hydroxyl groups is 1. The number of alkyl halides is 3. The molecule has 0 radical (unpaired) electrons. The summed E-state index contributed by atoms with van der Waals surface area (Å²) in [6.07, 6.45) is -0.232. The maximum atomic E-state index is 13.0. The Kier molecular flexibility index (Phi) is 4.95. The lowest BCUT2D eigenvalue weighted by atomic mass is 9.92. The van der Waals surface area contributed by atoms with Crippen LogP contribution >= 0.6 is 34.8 Å². The van der Waals surface area contributed by atoms with E-state index < -0.39 is 27.9 Å². The van der Waals surface area contributed by atoms with Crippen LogP contribution in [0.15, 0.2) is 12.1 Å². The second-order valence-electron chi connectivity index (χ2n) is 3.51. The molecule has 0 heterocycles. The van der Waals surface area contributed by atoms with Crippen molar-refractivity contribution in [1.29, 1.82) is 0 Å². The van der Waals surface area contributed by atoms with Crippen molar-refractivity contribution in [1.82, 2.24) is 0 Å². The van der Waals surface area contributed by atoms with E-state index in [0.717, 1.165) is 0 Å². The average molecular weight is 308 g/mol. The first-order valence-electron chi connectivity index (χ1n) is 4.51. The summed E-state index contributed by atoms with van der Waals surface area (Å²) in [6, 6.07) is 1.33. The van der Waals surface area contributed by atoms with Crippen molar-refractivity contribution in [2.24, 2.45) is 0 Å². The summed E-state index contributed by atoms with van der Waals surface area (Å²) >= 11 is 16.5. The zero-order chi connectivity index (χ0) is 13.2. The predicted octanol–water partition coefficient (Wildman–Crippen LogP) is 3.72. The maximum Gasteiger partial charge on any atom is 0.194 e. The fraction of sp³-hybridized carbons (Fsp3) is 0.400. The van der Waals surface area contributed by atoms with Crippen LogP contribution in [-0.2, 0) is 5.60 Å². The maximum absolute atomic E-state index is 13.0. The zero-order valence-corrected chi connectivity index (χ0v) is 10.6. The van der Waals surface area contributed by atoms with Gasteiger partial charge in [0.25, 0.3) is 0 Å². The molecule has 1 N–H and O–H groups in total. The highest BCUT2D eigenvalue weighted by Gasteiger charge is 2.32. The third-order valence-corrected chi connectivity index (χ3v) is 2.98. The molecule has 1 atom stereocenters. The van der Waals surface area contributed by atoms with Gasteiger partial charge in [-0.1, -0.05) is 0 Å². The number of halogens is 6. The molecule has 1 aromatic rings. The van der Waals surface area contributed by atoms with Crippen molar-refractivity contribution in [3.8, 4) is 0 Å². The van der Waals surface area contributed by atoms with Crippen molar-refractivity contribution < 1.29 is 18.3 Å². The van der Waals surface area contributed by atoms with Crippen molar-refractivity contribution in [2.75, 3.05) is 5.88 Å². The molecular weight excluding hydrogens is 299 g/mol. The second-order valence-corrected chi connectivity index (χ2v) is 5.06. The number of rotatable bonds is 4. The van der Waals surface area contributed by atoms with Crippen molar-refractivity contribution in [3.05, 3.63) is 35.1 Å². The Bertz CT molecular complexity index is 391. The van der Waals surface area contributed by atoms with E-state index in [2.05, 4.69) is 0 Å². The smallest absolute Gasteiger partial charge is 0.194 e. The first-order chi connectivity index (χ1) is 7.80. The van der Waals surface area contributed by atoms with Crippen LogP contribution < -0.4 is 0 Å². The molecule has 0 aliphatic carbocycles. The van der Waals surface area contributed by atoms with Gasteiger partial charge in [0.15, 0.2) is 17.5 Å². The molecule has 0 spiro atoms. The molecule has 0 fully saturated rings. The van der Waals surface area contributed by atoms with Crippen LogP contribution in [0.2, 0.25) is 0 Å². The van der Waals surface area contributed by atoms with E-state index in [1.54, 1.807) is 0 Å².